The summed E-state index contributed by atoms with van der Waals surface area (Å²) in [7, 11) is 1.16. The minimum Gasteiger partial charge on any atom is -0.477 e. The molecule has 4 N–H and O–H groups in total. The largest absolute Gasteiger partial charge is 0.477 e. The average molecular weight is 785 g/mol. The number of rotatable bonds is 15. The molecule has 3 aromatic rings. The summed E-state index contributed by atoms with van der Waals surface area (Å²) in [5.41, 5.74) is -0.571. The Balaban J connectivity index is 1.31. The number of aliphatic carboxylic acids is 2. The highest BCUT2D eigenvalue weighted by Crippen LogP contribution is 2.41. The van der Waals surface area contributed by atoms with Gasteiger partial charge >= 0.3 is 24.0 Å². The molecule has 1 fully saturated rings. The quantitative estimate of drug-likeness (QED) is 0.0731. The number of hydrogen-bond acceptors (Lipinski definition) is 16. The number of β-lactam (4-membered cyclic amide) rings is 1. The van der Waals surface area contributed by atoms with Crippen LogP contribution >= 0.6 is 34.9 Å². The Morgan fingerprint density at radius 1 is 1.15 bits per heavy atom. The van der Waals surface area contributed by atoms with Gasteiger partial charge in [0, 0.05) is 16.9 Å². The average Bonchev–Trinajstić information content (AvgIpc) is 3.76. The summed E-state index contributed by atoms with van der Waals surface area (Å²) in [5.74, 6) is -6.80. The van der Waals surface area contributed by atoms with E-state index >= 15 is 0 Å². The number of oxime groups is 2. The summed E-state index contributed by atoms with van der Waals surface area (Å²) in [5, 5.41) is 41.7. The van der Waals surface area contributed by atoms with Crippen molar-refractivity contribution in [2.75, 3.05) is 23.9 Å². The summed E-state index contributed by atoms with van der Waals surface area (Å²) in [6.07, 6.45) is -5.20. The second kappa shape index (κ2) is 16.2. The zero-order chi connectivity index (χ0) is 37.6. The number of fused-ring (bicyclic) bond motifs is 1. The molecule has 2 aliphatic heterocycles. The Morgan fingerprint density at radius 2 is 1.90 bits per heavy atom. The molecule has 2 aliphatic rings. The van der Waals surface area contributed by atoms with Crippen LogP contribution in [0.5, 0.6) is 0 Å². The Kier molecular flexibility index (Phi) is 11.7. The second-order valence-electron chi connectivity index (χ2n) is 10.2. The molecule has 2 atom stereocenters. The van der Waals surface area contributed by atoms with Crippen LogP contribution in [0.15, 0.2) is 62.4 Å². The number of carbonyl (C=O) groups is 5. The number of nitrogens with one attached hydrogen (secondary N) is 2. The molecule has 25 heteroatoms. The van der Waals surface area contributed by atoms with Gasteiger partial charge in [-0.15, -0.1) is 28.2 Å². The van der Waals surface area contributed by atoms with E-state index in [1.165, 1.54) is 0 Å². The fraction of sp³-hybridized carbons (Fsp3) is 0.296. The normalized spacial score (nSPS) is 17.6. The van der Waals surface area contributed by atoms with E-state index in [0.29, 0.717) is 22.5 Å². The minimum atomic E-state index is -5.20. The topological polar surface area (TPSA) is 253 Å². The maximum atomic E-state index is 13.5. The molecule has 1 aromatic carbocycles. The predicted octanol–water partition coefficient (Wildman–Crippen LogP) is 1.17. The SMILES string of the molecule is CO/N=C(/Cn1nnnc1SCC1=C(C(=O)O)N2C(=O)C(NC(=O)/C(=N/OCc3ccccc3)c3csc(NC(=O)C(F)(F)F)n3)C2SC1)C(=O)O. The molecule has 0 spiro atoms. The van der Waals surface area contributed by atoms with Crippen LogP contribution in [0.1, 0.15) is 11.3 Å². The van der Waals surface area contributed by atoms with Crippen molar-refractivity contribution in [3.05, 3.63) is 58.2 Å². The van der Waals surface area contributed by atoms with Crippen LogP contribution in [-0.4, -0.2) is 118 Å². The second-order valence-corrected chi connectivity index (χ2v) is 13.1. The van der Waals surface area contributed by atoms with Crippen molar-refractivity contribution in [1.82, 2.24) is 35.4 Å². The molecule has 0 saturated carbocycles. The Labute approximate surface area is 301 Å². The molecule has 1 saturated heterocycles. The molecule has 4 heterocycles. The lowest BCUT2D eigenvalue weighted by Gasteiger charge is -2.49. The molecule has 274 valence electrons. The number of thioether (sulfide) groups is 2. The maximum absolute atomic E-state index is 13.5. The molecule has 3 amide bonds. The van der Waals surface area contributed by atoms with E-state index in [1.54, 1.807) is 35.6 Å². The molecule has 0 bridgehead atoms. The number of thiazole rings is 1. The van der Waals surface area contributed by atoms with Gasteiger partial charge in [-0.2, -0.15) is 13.2 Å². The van der Waals surface area contributed by atoms with Gasteiger partial charge < -0.3 is 25.2 Å². The van der Waals surface area contributed by atoms with Crippen molar-refractivity contribution in [1.29, 1.82) is 0 Å². The number of carboxylic acid groups (broad SMARTS) is 2. The number of alkyl halides is 3. The minimum absolute atomic E-state index is 0.0149. The van der Waals surface area contributed by atoms with Crippen LogP contribution in [0, 0.1) is 0 Å². The summed E-state index contributed by atoms with van der Waals surface area (Å²) in [6.45, 7) is -0.478. The van der Waals surface area contributed by atoms with E-state index < -0.39 is 63.8 Å². The highest BCUT2D eigenvalue weighted by atomic mass is 32.2. The lowest BCUT2D eigenvalue weighted by atomic mass is 10.0. The highest BCUT2D eigenvalue weighted by Gasteiger charge is 2.54. The number of aromatic nitrogens is 5. The zero-order valence-electron chi connectivity index (χ0n) is 26.1. The summed E-state index contributed by atoms with van der Waals surface area (Å²) in [6, 6.07) is 7.39. The van der Waals surface area contributed by atoms with Gasteiger partial charge in [0.25, 0.3) is 11.8 Å². The van der Waals surface area contributed by atoms with Gasteiger partial charge in [-0.25, -0.2) is 19.3 Å². The third-order valence-corrected chi connectivity index (χ3v) is 9.97. The van der Waals surface area contributed by atoms with Crippen molar-refractivity contribution in [3.63, 3.8) is 0 Å². The lowest BCUT2D eigenvalue weighted by Crippen LogP contribution is -2.71. The fourth-order valence-corrected chi connectivity index (χ4v) is 7.55. The van der Waals surface area contributed by atoms with Gasteiger partial charge in [0.15, 0.2) is 16.6 Å². The number of halogens is 3. The van der Waals surface area contributed by atoms with Gasteiger partial charge in [0.2, 0.25) is 5.16 Å². The number of anilines is 1. The van der Waals surface area contributed by atoms with E-state index in [9.17, 15) is 47.4 Å². The van der Waals surface area contributed by atoms with Gasteiger partial charge in [-0.1, -0.05) is 52.4 Å². The number of hydrogen-bond donors (Lipinski definition) is 4. The molecule has 52 heavy (non-hydrogen) atoms. The standard InChI is InChI=1S/C27H23F3N10O9S3/c1-48-35-14(22(43)44)7-39-26(34-37-38-39)52-10-13-9-50-21-17(20(42)40(21)18(13)23(45)46)32-19(41)16(36-49-8-12-5-3-2-4-6-12)15-11-51-25(31-15)33-24(47)27(28,29)30/h2-6,11,17,21H,7-10H2,1H3,(H,32,41)(H,43,44)(H,45,46)(H,31,33,47)/b35-14-,36-16+. The van der Waals surface area contributed by atoms with Crippen molar-refractivity contribution < 1.29 is 57.0 Å². The molecule has 5 rings (SSSR count). The smallest absolute Gasteiger partial charge is 0.471 e. The molecular formula is C27H23F3N10O9S3. The van der Waals surface area contributed by atoms with Crippen LogP contribution in [0.4, 0.5) is 18.3 Å². The molecule has 2 aromatic heterocycles. The Bertz CT molecular complexity index is 1970. The van der Waals surface area contributed by atoms with Gasteiger partial charge in [0.05, 0.1) is 6.54 Å². The van der Waals surface area contributed by atoms with Crippen molar-refractivity contribution in [2.45, 2.75) is 35.9 Å². The van der Waals surface area contributed by atoms with E-state index in [-0.39, 0.29) is 41.2 Å². The number of nitrogens with zero attached hydrogens (tertiary/aromatic N) is 8. The molecule has 19 nitrogen and oxygen atoms in total. The fourth-order valence-electron chi connectivity index (χ4n) is 4.50. The van der Waals surface area contributed by atoms with Crippen LogP contribution < -0.4 is 10.6 Å². The Morgan fingerprint density at radius 3 is 2.58 bits per heavy atom. The van der Waals surface area contributed by atoms with Crippen LogP contribution in [-0.2, 0) is 46.8 Å². The van der Waals surface area contributed by atoms with E-state index in [1.807, 2.05) is 0 Å². The van der Waals surface area contributed by atoms with Crippen molar-refractivity contribution >= 4 is 81.1 Å². The van der Waals surface area contributed by atoms with E-state index in [0.717, 1.165) is 45.6 Å². The number of amides is 3. The number of benzene rings is 1. The lowest BCUT2D eigenvalue weighted by molar-refractivity contribution is -0.167. The number of carbonyl (C=O) groups excluding carboxylic acids is 3. The van der Waals surface area contributed by atoms with Crippen molar-refractivity contribution in [3.8, 4) is 0 Å². The maximum Gasteiger partial charge on any atom is 0.471 e. The van der Waals surface area contributed by atoms with E-state index in [2.05, 4.69) is 41.0 Å². The molecular weight excluding hydrogens is 762 g/mol. The van der Waals surface area contributed by atoms with Gasteiger partial charge in [-0.3, -0.25) is 24.6 Å². The number of tetrazole rings is 1. The first-order chi connectivity index (χ1) is 24.8. The van der Waals surface area contributed by atoms with Crippen LogP contribution in [0.25, 0.3) is 0 Å². The zero-order valence-corrected chi connectivity index (χ0v) is 28.6. The third-order valence-electron chi connectivity index (χ3n) is 6.83. The monoisotopic (exact) mass is 784 g/mol. The number of carboxylic acids is 2. The third kappa shape index (κ3) is 8.65. The summed E-state index contributed by atoms with van der Waals surface area (Å²) in [4.78, 5) is 76.7. The van der Waals surface area contributed by atoms with Crippen molar-refractivity contribution in [2.24, 2.45) is 10.3 Å². The highest BCUT2D eigenvalue weighted by molar-refractivity contribution is 8.01. The van der Waals surface area contributed by atoms with Crippen LogP contribution in [0.2, 0.25) is 0 Å². The predicted molar refractivity (Wildman–Crippen MR) is 175 cm³/mol. The summed E-state index contributed by atoms with van der Waals surface area (Å²) >= 11 is 2.70. The van der Waals surface area contributed by atoms with E-state index in [4.69, 9.17) is 4.84 Å². The molecule has 2 unspecified atom stereocenters. The first-order valence-corrected chi connectivity index (χ1v) is 17.2. The van der Waals surface area contributed by atoms with Gasteiger partial charge in [0.1, 0.15) is 36.5 Å². The molecule has 0 aliphatic carbocycles. The van der Waals surface area contributed by atoms with Crippen LogP contribution in [0.3, 0.4) is 0 Å². The molecule has 0 radical (unpaired) electrons. The Hall–Kier alpha value is -5.56. The van der Waals surface area contributed by atoms with Gasteiger partial charge in [-0.05, 0) is 21.6 Å². The first-order valence-electron chi connectivity index (χ1n) is 14.3. The first kappa shape index (κ1) is 37.7. The summed E-state index contributed by atoms with van der Waals surface area (Å²) < 4.78 is 39.4.